The Bertz CT molecular complexity index is 340. The Hall–Kier alpha value is -0.830. The van der Waals surface area contributed by atoms with E-state index in [0.717, 1.165) is 5.92 Å². The van der Waals surface area contributed by atoms with Gasteiger partial charge in [-0.25, -0.2) is 4.98 Å². The van der Waals surface area contributed by atoms with E-state index in [1.165, 1.54) is 25.0 Å². The second-order valence-electron chi connectivity index (χ2n) is 5.79. The molecule has 3 unspecified atom stereocenters. The molecule has 3 nitrogen and oxygen atoms in total. The molecule has 1 aromatic rings. The van der Waals surface area contributed by atoms with Gasteiger partial charge in [-0.1, -0.05) is 27.2 Å². The SMILES string of the molecule is CC(C)C(CN)c1cncn1C1CCCC1C. The molecule has 96 valence electrons. The molecular weight excluding hydrogens is 210 g/mol. The van der Waals surface area contributed by atoms with E-state index in [1.54, 1.807) is 0 Å². The number of hydrogen-bond acceptors (Lipinski definition) is 2. The van der Waals surface area contributed by atoms with Gasteiger partial charge in [0.1, 0.15) is 0 Å². The quantitative estimate of drug-likeness (QED) is 0.872. The number of aromatic nitrogens is 2. The fourth-order valence-corrected chi connectivity index (χ4v) is 3.15. The topological polar surface area (TPSA) is 43.8 Å². The summed E-state index contributed by atoms with van der Waals surface area (Å²) in [6, 6.07) is 0.639. The fraction of sp³-hybridized carbons (Fsp3) is 0.786. The van der Waals surface area contributed by atoms with Gasteiger partial charge in [-0.15, -0.1) is 0 Å². The second kappa shape index (κ2) is 5.21. The summed E-state index contributed by atoms with van der Waals surface area (Å²) < 4.78 is 2.40. The molecule has 0 saturated heterocycles. The number of nitrogens with zero attached hydrogens (tertiary/aromatic N) is 2. The van der Waals surface area contributed by atoms with E-state index < -0.39 is 0 Å². The molecule has 2 N–H and O–H groups in total. The predicted molar refractivity (Wildman–Crippen MR) is 70.9 cm³/mol. The molecule has 0 aliphatic heterocycles. The van der Waals surface area contributed by atoms with Gasteiger partial charge in [0, 0.05) is 30.4 Å². The molecule has 0 radical (unpaired) electrons. The maximum atomic E-state index is 5.93. The first kappa shape index (κ1) is 12.6. The van der Waals surface area contributed by atoms with Crippen LogP contribution in [0.1, 0.15) is 57.7 Å². The highest BCUT2D eigenvalue weighted by molar-refractivity contribution is 5.10. The highest BCUT2D eigenvalue weighted by Crippen LogP contribution is 2.37. The van der Waals surface area contributed by atoms with Crippen LogP contribution in [0.5, 0.6) is 0 Å². The Morgan fingerprint density at radius 2 is 2.24 bits per heavy atom. The Labute approximate surface area is 104 Å². The van der Waals surface area contributed by atoms with Gasteiger partial charge in [0.05, 0.1) is 6.33 Å². The second-order valence-corrected chi connectivity index (χ2v) is 5.79. The van der Waals surface area contributed by atoms with Crippen molar-refractivity contribution >= 4 is 0 Å². The molecule has 1 saturated carbocycles. The lowest BCUT2D eigenvalue weighted by Crippen LogP contribution is -2.23. The van der Waals surface area contributed by atoms with Crippen molar-refractivity contribution in [3.63, 3.8) is 0 Å². The maximum absolute atomic E-state index is 5.93. The van der Waals surface area contributed by atoms with Gasteiger partial charge in [0.25, 0.3) is 0 Å². The molecule has 0 amide bonds. The molecule has 3 heteroatoms. The molecular formula is C14H25N3. The third-order valence-electron chi connectivity index (χ3n) is 4.31. The molecule has 0 aromatic carbocycles. The fourth-order valence-electron chi connectivity index (χ4n) is 3.15. The predicted octanol–water partition coefficient (Wildman–Crippen LogP) is 2.94. The third kappa shape index (κ3) is 2.39. The largest absolute Gasteiger partial charge is 0.331 e. The van der Waals surface area contributed by atoms with Crippen molar-refractivity contribution < 1.29 is 0 Å². The highest BCUT2D eigenvalue weighted by atomic mass is 15.1. The van der Waals surface area contributed by atoms with Gasteiger partial charge in [-0.3, -0.25) is 0 Å². The zero-order valence-electron chi connectivity index (χ0n) is 11.3. The Kier molecular flexibility index (Phi) is 3.87. The van der Waals surface area contributed by atoms with Gasteiger partial charge < -0.3 is 10.3 Å². The third-order valence-corrected chi connectivity index (χ3v) is 4.31. The lowest BCUT2D eigenvalue weighted by molar-refractivity contribution is 0.375. The lowest BCUT2D eigenvalue weighted by atomic mass is 9.92. The average molecular weight is 235 g/mol. The Balaban J connectivity index is 2.27. The normalized spacial score (nSPS) is 26.6. The highest BCUT2D eigenvalue weighted by Gasteiger charge is 2.28. The first-order valence-electron chi connectivity index (χ1n) is 6.87. The molecule has 1 fully saturated rings. The van der Waals surface area contributed by atoms with Crippen molar-refractivity contribution in [2.45, 2.75) is 52.0 Å². The van der Waals surface area contributed by atoms with Crippen LogP contribution in [-0.2, 0) is 0 Å². The summed E-state index contributed by atoms with van der Waals surface area (Å²) in [5.74, 6) is 1.78. The van der Waals surface area contributed by atoms with Crippen LogP contribution in [0.2, 0.25) is 0 Å². The van der Waals surface area contributed by atoms with Crippen LogP contribution in [0, 0.1) is 11.8 Å². The van der Waals surface area contributed by atoms with Crippen molar-refractivity contribution in [3.8, 4) is 0 Å². The van der Waals surface area contributed by atoms with E-state index in [-0.39, 0.29) is 0 Å². The van der Waals surface area contributed by atoms with E-state index in [1.807, 2.05) is 12.5 Å². The van der Waals surface area contributed by atoms with Gasteiger partial charge in [0.15, 0.2) is 0 Å². The molecule has 1 aliphatic rings. The smallest absolute Gasteiger partial charge is 0.0950 e. The molecule has 0 bridgehead atoms. The van der Waals surface area contributed by atoms with Gasteiger partial charge in [-0.2, -0.15) is 0 Å². The molecule has 2 rings (SSSR count). The minimum absolute atomic E-state index is 0.435. The first-order chi connectivity index (χ1) is 8.15. The number of nitrogens with two attached hydrogens (primary N) is 1. The van der Waals surface area contributed by atoms with Crippen LogP contribution in [0.15, 0.2) is 12.5 Å². The van der Waals surface area contributed by atoms with E-state index >= 15 is 0 Å². The van der Waals surface area contributed by atoms with Gasteiger partial charge >= 0.3 is 0 Å². The van der Waals surface area contributed by atoms with E-state index in [0.29, 0.717) is 24.4 Å². The van der Waals surface area contributed by atoms with Crippen LogP contribution in [0.25, 0.3) is 0 Å². The summed E-state index contributed by atoms with van der Waals surface area (Å²) in [7, 11) is 0. The van der Waals surface area contributed by atoms with Crippen LogP contribution >= 0.6 is 0 Å². The van der Waals surface area contributed by atoms with Crippen LogP contribution in [0.4, 0.5) is 0 Å². The molecule has 1 aromatic heterocycles. The van der Waals surface area contributed by atoms with E-state index in [4.69, 9.17) is 5.73 Å². The number of rotatable bonds is 4. The average Bonchev–Trinajstić information content (AvgIpc) is 2.87. The van der Waals surface area contributed by atoms with Crippen molar-refractivity contribution in [3.05, 3.63) is 18.2 Å². The molecule has 1 aliphatic carbocycles. The minimum Gasteiger partial charge on any atom is -0.331 e. The minimum atomic E-state index is 0.435. The first-order valence-corrected chi connectivity index (χ1v) is 6.87. The Morgan fingerprint density at radius 1 is 1.47 bits per heavy atom. The molecule has 0 spiro atoms. The van der Waals surface area contributed by atoms with Crippen LogP contribution in [0.3, 0.4) is 0 Å². The van der Waals surface area contributed by atoms with Crippen LogP contribution in [-0.4, -0.2) is 16.1 Å². The number of hydrogen-bond donors (Lipinski definition) is 1. The van der Waals surface area contributed by atoms with Crippen molar-refractivity contribution in [1.29, 1.82) is 0 Å². The summed E-state index contributed by atoms with van der Waals surface area (Å²) >= 11 is 0. The van der Waals surface area contributed by atoms with Crippen LogP contribution < -0.4 is 5.73 Å². The maximum Gasteiger partial charge on any atom is 0.0950 e. The summed E-state index contributed by atoms with van der Waals surface area (Å²) in [6.07, 6.45) is 8.00. The molecule has 17 heavy (non-hydrogen) atoms. The Morgan fingerprint density at radius 3 is 2.76 bits per heavy atom. The van der Waals surface area contributed by atoms with Crippen molar-refractivity contribution in [1.82, 2.24) is 9.55 Å². The zero-order valence-corrected chi connectivity index (χ0v) is 11.3. The zero-order chi connectivity index (χ0) is 12.4. The molecule has 3 atom stereocenters. The number of imidazole rings is 1. The summed E-state index contributed by atoms with van der Waals surface area (Å²) in [6.45, 7) is 7.55. The van der Waals surface area contributed by atoms with E-state index in [9.17, 15) is 0 Å². The standard InChI is InChI=1S/C14H25N3/c1-10(2)12(7-15)14-8-16-9-17(14)13-6-4-5-11(13)3/h8-13H,4-7,15H2,1-3H3. The van der Waals surface area contributed by atoms with Crippen molar-refractivity contribution in [2.24, 2.45) is 17.6 Å². The lowest BCUT2D eigenvalue weighted by Gasteiger charge is -2.25. The summed E-state index contributed by atoms with van der Waals surface area (Å²) in [4.78, 5) is 4.36. The monoisotopic (exact) mass is 235 g/mol. The molecule has 1 heterocycles. The van der Waals surface area contributed by atoms with E-state index in [2.05, 4.69) is 30.3 Å². The van der Waals surface area contributed by atoms with Crippen molar-refractivity contribution in [2.75, 3.05) is 6.54 Å². The summed E-state index contributed by atoms with van der Waals surface area (Å²) in [5.41, 5.74) is 7.26. The summed E-state index contributed by atoms with van der Waals surface area (Å²) in [5, 5.41) is 0. The van der Waals surface area contributed by atoms with Gasteiger partial charge in [0.2, 0.25) is 0 Å². The van der Waals surface area contributed by atoms with Gasteiger partial charge in [-0.05, 0) is 24.7 Å².